The summed E-state index contributed by atoms with van der Waals surface area (Å²) in [6.45, 7) is 0. The Hall–Kier alpha value is -3.56. The number of nitrogens with one attached hydrogen (secondary N) is 1. The minimum atomic E-state index is 0.566. The highest BCUT2D eigenvalue weighted by molar-refractivity contribution is 7.99. The largest absolute Gasteiger partial charge is 0.453 e. The molecule has 5 aromatic rings. The molecular formula is C21H14N6OS2. The predicted molar refractivity (Wildman–Crippen MR) is 118 cm³/mol. The molecule has 0 unspecified atom stereocenters. The van der Waals surface area contributed by atoms with E-state index >= 15 is 0 Å². The van der Waals surface area contributed by atoms with Crippen molar-refractivity contribution < 1.29 is 4.74 Å². The van der Waals surface area contributed by atoms with Crippen molar-refractivity contribution >= 4 is 44.4 Å². The summed E-state index contributed by atoms with van der Waals surface area (Å²) >= 11 is 2.88. The quantitative estimate of drug-likeness (QED) is 0.350. The Bertz CT molecular complexity index is 1250. The molecule has 0 aliphatic heterocycles. The molecular weight excluding hydrogens is 416 g/mol. The van der Waals surface area contributed by atoms with E-state index in [1.165, 1.54) is 23.1 Å². The third-order valence-corrected chi connectivity index (χ3v) is 5.69. The van der Waals surface area contributed by atoms with Gasteiger partial charge in [-0.25, -0.2) is 24.9 Å². The van der Waals surface area contributed by atoms with E-state index in [9.17, 15) is 0 Å². The lowest BCUT2D eigenvalue weighted by Gasteiger charge is -2.12. The van der Waals surface area contributed by atoms with Crippen molar-refractivity contribution in [2.24, 2.45) is 0 Å². The van der Waals surface area contributed by atoms with Gasteiger partial charge in [-0.2, -0.15) is 0 Å². The highest BCUT2D eigenvalue weighted by Gasteiger charge is 2.13. The Morgan fingerprint density at radius 3 is 2.53 bits per heavy atom. The normalized spacial score (nSPS) is 10.8. The van der Waals surface area contributed by atoms with Crippen molar-refractivity contribution in [1.82, 2.24) is 24.9 Å². The number of anilines is 2. The molecule has 146 valence electrons. The van der Waals surface area contributed by atoms with E-state index in [4.69, 9.17) is 4.74 Å². The second-order valence-electron chi connectivity index (χ2n) is 6.04. The lowest BCUT2D eigenvalue weighted by atomic mass is 10.3. The molecule has 4 aromatic heterocycles. The van der Waals surface area contributed by atoms with Crippen LogP contribution in [-0.4, -0.2) is 24.9 Å². The summed E-state index contributed by atoms with van der Waals surface area (Å²) in [5, 5.41) is 4.60. The highest BCUT2D eigenvalue weighted by Crippen LogP contribution is 2.36. The molecule has 5 rings (SSSR count). The molecule has 0 atom stereocenters. The Kier molecular flexibility index (Phi) is 5.19. The van der Waals surface area contributed by atoms with E-state index in [1.807, 2.05) is 48.5 Å². The molecule has 0 spiro atoms. The van der Waals surface area contributed by atoms with Crippen molar-refractivity contribution in [1.29, 1.82) is 0 Å². The second kappa shape index (κ2) is 8.44. The monoisotopic (exact) mass is 430 g/mol. The average Bonchev–Trinajstić information content (AvgIpc) is 3.19. The van der Waals surface area contributed by atoms with Crippen molar-refractivity contribution in [3.8, 4) is 11.5 Å². The fraction of sp³-hybridized carbons (Fsp3) is 0. The van der Waals surface area contributed by atoms with Gasteiger partial charge in [-0.15, -0.1) is 0 Å². The summed E-state index contributed by atoms with van der Waals surface area (Å²) in [7, 11) is 0. The van der Waals surface area contributed by atoms with Crippen LogP contribution < -0.4 is 10.1 Å². The number of aromatic nitrogens is 5. The molecule has 0 saturated carbocycles. The van der Waals surface area contributed by atoms with Crippen LogP contribution in [0.4, 0.5) is 10.9 Å². The molecule has 0 aliphatic rings. The first-order valence-corrected chi connectivity index (χ1v) is 10.6. The summed E-state index contributed by atoms with van der Waals surface area (Å²) < 4.78 is 6.12. The second-order valence-corrected chi connectivity index (χ2v) is 8.06. The van der Waals surface area contributed by atoms with E-state index in [1.54, 1.807) is 30.9 Å². The predicted octanol–water partition coefficient (Wildman–Crippen LogP) is 5.56. The van der Waals surface area contributed by atoms with Gasteiger partial charge in [0.2, 0.25) is 0 Å². The van der Waals surface area contributed by atoms with Crippen LogP contribution in [-0.2, 0) is 0 Å². The summed E-state index contributed by atoms with van der Waals surface area (Å²) in [4.78, 5) is 23.7. The lowest BCUT2D eigenvalue weighted by Crippen LogP contribution is -1.97. The number of thiazole rings is 1. The number of para-hydroxylation sites is 1. The van der Waals surface area contributed by atoms with Crippen LogP contribution in [0.5, 0.6) is 11.5 Å². The van der Waals surface area contributed by atoms with Crippen molar-refractivity contribution in [3.63, 3.8) is 0 Å². The first-order chi connectivity index (χ1) is 14.8. The van der Waals surface area contributed by atoms with Gasteiger partial charge >= 0.3 is 0 Å². The zero-order valence-corrected chi connectivity index (χ0v) is 17.1. The summed E-state index contributed by atoms with van der Waals surface area (Å²) in [6.07, 6.45) is 6.93. The Morgan fingerprint density at radius 1 is 0.867 bits per heavy atom. The fourth-order valence-electron chi connectivity index (χ4n) is 2.64. The molecule has 0 aliphatic carbocycles. The van der Waals surface area contributed by atoms with Gasteiger partial charge in [0.15, 0.2) is 21.9 Å². The third kappa shape index (κ3) is 4.22. The van der Waals surface area contributed by atoms with Crippen LogP contribution in [0.15, 0.2) is 89.4 Å². The fourth-order valence-corrected chi connectivity index (χ4v) is 4.15. The lowest BCUT2D eigenvalue weighted by molar-refractivity contribution is 0.481. The standard InChI is InChI=1S/C21H14N6OS2/c1-2-6-14(7-3-1)28-17-12-15(29-20-23-10-5-11-24-20)13-25-18(17)27-21-26-16-8-4-9-22-19(16)30-21/h1-13H,(H,25,26,27). The smallest absolute Gasteiger partial charge is 0.192 e. The topological polar surface area (TPSA) is 85.7 Å². The van der Waals surface area contributed by atoms with Gasteiger partial charge in [-0.05, 0) is 42.1 Å². The number of nitrogens with zero attached hydrogens (tertiary/aromatic N) is 5. The minimum Gasteiger partial charge on any atom is -0.453 e. The highest BCUT2D eigenvalue weighted by atomic mass is 32.2. The molecule has 0 radical (unpaired) electrons. The van der Waals surface area contributed by atoms with Crippen molar-refractivity contribution in [2.75, 3.05) is 5.32 Å². The average molecular weight is 431 g/mol. The number of hydrogen-bond acceptors (Lipinski definition) is 9. The molecule has 0 fully saturated rings. The van der Waals surface area contributed by atoms with Gasteiger partial charge in [0.1, 0.15) is 16.1 Å². The first-order valence-electron chi connectivity index (χ1n) is 9.00. The van der Waals surface area contributed by atoms with E-state index in [2.05, 4.69) is 30.2 Å². The zero-order chi connectivity index (χ0) is 20.2. The number of ether oxygens (including phenoxy) is 1. The van der Waals surface area contributed by atoms with Crippen LogP contribution in [0.2, 0.25) is 0 Å². The van der Waals surface area contributed by atoms with E-state index in [0.29, 0.717) is 27.6 Å². The van der Waals surface area contributed by atoms with Crippen molar-refractivity contribution in [3.05, 3.63) is 79.4 Å². The van der Waals surface area contributed by atoms with Gasteiger partial charge in [0.25, 0.3) is 0 Å². The number of pyridine rings is 2. The number of benzene rings is 1. The van der Waals surface area contributed by atoms with Crippen LogP contribution >= 0.6 is 23.1 Å². The number of rotatable bonds is 6. The third-order valence-electron chi connectivity index (χ3n) is 3.94. The number of hydrogen-bond donors (Lipinski definition) is 1. The maximum Gasteiger partial charge on any atom is 0.192 e. The first kappa shape index (κ1) is 18.5. The van der Waals surface area contributed by atoms with Crippen molar-refractivity contribution in [2.45, 2.75) is 10.1 Å². The van der Waals surface area contributed by atoms with Crippen LogP contribution in [0.25, 0.3) is 10.3 Å². The van der Waals surface area contributed by atoms with Crippen LogP contribution in [0.1, 0.15) is 0 Å². The zero-order valence-electron chi connectivity index (χ0n) is 15.5. The molecule has 9 heteroatoms. The Labute approximate surface area is 180 Å². The molecule has 7 nitrogen and oxygen atoms in total. The molecule has 0 bridgehead atoms. The summed E-state index contributed by atoms with van der Waals surface area (Å²) in [5.41, 5.74) is 0.837. The maximum absolute atomic E-state index is 6.12. The summed E-state index contributed by atoms with van der Waals surface area (Å²) in [6, 6.07) is 17.1. The minimum absolute atomic E-state index is 0.566. The van der Waals surface area contributed by atoms with Crippen LogP contribution in [0.3, 0.4) is 0 Å². The SMILES string of the molecule is c1ccc(Oc2cc(Sc3ncccn3)cnc2Nc2nc3cccnc3s2)cc1. The van der Waals surface area contributed by atoms with E-state index in [0.717, 1.165) is 15.2 Å². The molecule has 30 heavy (non-hydrogen) atoms. The van der Waals surface area contributed by atoms with Gasteiger partial charge in [0, 0.05) is 35.7 Å². The Morgan fingerprint density at radius 2 is 1.70 bits per heavy atom. The van der Waals surface area contributed by atoms with Gasteiger partial charge in [0.05, 0.1) is 0 Å². The maximum atomic E-state index is 6.12. The summed E-state index contributed by atoms with van der Waals surface area (Å²) in [5.74, 6) is 1.86. The molecule has 1 N–H and O–H groups in total. The number of fused-ring (bicyclic) bond motifs is 1. The van der Waals surface area contributed by atoms with Crippen LogP contribution in [0, 0.1) is 0 Å². The molecule has 4 heterocycles. The molecule has 1 aromatic carbocycles. The van der Waals surface area contributed by atoms with E-state index < -0.39 is 0 Å². The van der Waals surface area contributed by atoms with Gasteiger partial charge in [-0.1, -0.05) is 29.5 Å². The molecule has 0 saturated heterocycles. The van der Waals surface area contributed by atoms with Gasteiger partial charge < -0.3 is 10.1 Å². The Balaban J connectivity index is 1.48. The van der Waals surface area contributed by atoms with E-state index in [-0.39, 0.29) is 0 Å². The van der Waals surface area contributed by atoms with Gasteiger partial charge in [-0.3, -0.25) is 0 Å². The molecule has 0 amide bonds.